The van der Waals surface area contributed by atoms with Crippen molar-refractivity contribution in [2.24, 2.45) is 0 Å². The van der Waals surface area contributed by atoms with Crippen molar-refractivity contribution in [1.82, 2.24) is 0 Å². The molecule has 4 aliphatic rings. The minimum Gasteiger partial charge on any atom is -0.509 e. The van der Waals surface area contributed by atoms with Crippen LogP contribution in [0.3, 0.4) is 0 Å². The highest BCUT2D eigenvalue weighted by Gasteiger charge is 2.50. The van der Waals surface area contributed by atoms with E-state index in [1.54, 1.807) is 0 Å². The first-order valence-corrected chi connectivity index (χ1v) is 20.9. The lowest BCUT2D eigenvalue weighted by Gasteiger charge is -2.35. The zero-order chi connectivity index (χ0) is 24.6. The van der Waals surface area contributed by atoms with Crippen LogP contribution in [0.1, 0.15) is 61.0 Å². The lowest BCUT2D eigenvalue weighted by molar-refractivity contribution is 0.450. The van der Waals surface area contributed by atoms with E-state index in [0.29, 0.717) is 11.1 Å². The molecule has 4 nitrogen and oxygen atoms in total. The molecule has 184 valence electrons. The fourth-order valence-corrected chi connectivity index (χ4v) is 14.6. The molecule has 0 fully saturated rings. The van der Waals surface area contributed by atoms with Crippen LogP contribution in [0.25, 0.3) is 12.2 Å². The monoisotopic (exact) mass is 520 g/mol. The molecule has 0 saturated heterocycles. The Bertz CT molecular complexity index is 1160. The van der Waals surface area contributed by atoms with E-state index in [9.17, 15) is 0 Å². The van der Waals surface area contributed by atoms with E-state index in [0.717, 1.165) is 47.2 Å². The van der Waals surface area contributed by atoms with Gasteiger partial charge in [-0.15, -0.1) is 0 Å². The molecule has 0 aromatic heterocycles. The number of hydrogen-bond donors (Lipinski definition) is 0. The van der Waals surface area contributed by atoms with Gasteiger partial charge in [-0.1, -0.05) is 77.2 Å². The molecule has 0 spiro atoms. The van der Waals surface area contributed by atoms with Crippen molar-refractivity contribution < 1.29 is 17.7 Å². The second-order valence-corrected chi connectivity index (χ2v) is 23.1. The van der Waals surface area contributed by atoms with E-state index < -0.39 is 25.2 Å². The van der Waals surface area contributed by atoms with Crippen molar-refractivity contribution in [2.75, 3.05) is 0 Å². The molecule has 2 aromatic carbocycles. The van der Waals surface area contributed by atoms with Crippen molar-refractivity contribution in [2.45, 2.75) is 76.0 Å². The summed E-state index contributed by atoms with van der Waals surface area (Å²) in [5.41, 5.74) is 6.17. The number of fused-ring (bicyclic) bond motifs is 6. The standard InChI is InChI=1S/C28H36O4Si3/c1-7-34(8-2)29-23-15-11-19-21(27(23)31-34)13-17-25(19)33(5,6)26-18-14-22-20(26)12-16-24-28(22)32-35(9-3,10-4)30-24/h11-18,25-26H,7-10H2,1-6H3. The summed E-state index contributed by atoms with van der Waals surface area (Å²) in [6, 6.07) is 12.8. The summed E-state index contributed by atoms with van der Waals surface area (Å²) in [7, 11) is -6.16. The van der Waals surface area contributed by atoms with Gasteiger partial charge < -0.3 is 17.7 Å². The van der Waals surface area contributed by atoms with Crippen LogP contribution in [0.2, 0.25) is 37.3 Å². The summed E-state index contributed by atoms with van der Waals surface area (Å²) >= 11 is 0. The van der Waals surface area contributed by atoms with Gasteiger partial charge in [0.15, 0.2) is 11.5 Å². The van der Waals surface area contributed by atoms with Crippen LogP contribution in [0.4, 0.5) is 0 Å². The Balaban J connectivity index is 1.34. The van der Waals surface area contributed by atoms with Gasteiger partial charge in [0.25, 0.3) is 0 Å². The second kappa shape index (κ2) is 7.88. The topological polar surface area (TPSA) is 36.9 Å². The number of hydrogen-bond acceptors (Lipinski definition) is 4. The fraction of sp³-hybridized carbons (Fsp3) is 0.429. The van der Waals surface area contributed by atoms with Gasteiger partial charge in [0.1, 0.15) is 11.5 Å². The molecule has 2 aromatic rings. The molecule has 0 saturated carbocycles. The van der Waals surface area contributed by atoms with Crippen LogP contribution < -0.4 is 17.7 Å². The predicted octanol–water partition coefficient (Wildman–Crippen LogP) is 7.90. The third-order valence-electron chi connectivity index (χ3n) is 8.89. The molecule has 0 radical (unpaired) electrons. The van der Waals surface area contributed by atoms with E-state index in [1.807, 2.05) is 0 Å². The van der Waals surface area contributed by atoms with E-state index in [-0.39, 0.29) is 0 Å². The van der Waals surface area contributed by atoms with Gasteiger partial charge in [-0.2, -0.15) is 0 Å². The summed E-state index contributed by atoms with van der Waals surface area (Å²) < 4.78 is 26.1. The van der Waals surface area contributed by atoms with Crippen molar-refractivity contribution in [1.29, 1.82) is 0 Å². The fourth-order valence-electron chi connectivity index (χ4n) is 6.42. The van der Waals surface area contributed by atoms with E-state index >= 15 is 0 Å². The molecule has 7 heteroatoms. The van der Waals surface area contributed by atoms with E-state index in [2.05, 4.69) is 89.4 Å². The lowest BCUT2D eigenvalue weighted by atomic mass is 10.1. The summed E-state index contributed by atoms with van der Waals surface area (Å²) in [5, 5.41) is 0. The van der Waals surface area contributed by atoms with Gasteiger partial charge in [0.05, 0.1) is 8.07 Å². The maximum Gasteiger partial charge on any atom is 0.460 e. The zero-order valence-electron chi connectivity index (χ0n) is 21.7. The Hall–Kier alpha value is -2.23. The molecule has 2 aliphatic carbocycles. The van der Waals surface area contributed by atoms with Gasteiger partial charge >= 0.3 is 17.1 Å². The number of benzene rings is 2. The Kier molecular flexibility index (Phi) is 5.22. The SMILES string of the molecule is CC[Si]1(CC)Oc2ccc3c(c2O1)C=CC3[Si](C)(C)C1C=Cc2c1ccc1c2O[Si](CC)(CC)O1. The van der Waals surface area contributed by atoms with Crippen molar-refractivity contribution in [3.8, 4) is 23.0 Å². The van der Waals surface area contributed by atoms with Crippen molar-refractivity contribution in [3.05, 3.63) is 58.7 Å². The van der Waals surface area contributed by atoms with Crippen LogP contribution in [0, 0.1) is 0 Å². The number of allylic oxidation sites excluding steroid dienone is 2. The van der Waals surface area contributed by atoms with Gasteiger partial charge in [-0.05, 0) is 34.3 Å². The average molecular weight is 521 g/mol. The maximum absolute atomic E-state index is 6.61. The molecule has 2 unspecified atom stereocenters. The van der Waals surface area contributed by atoms with Gasteiger partial charge in [0, 0.05) is 35.3 Å². The van der Waals surface area contributed by atoms with Crippen molar-refractivity contribution >= 4 is 37.3 Å². The van der Waals surface area contributed by atoms with E-state index in [4.69, 9.17) is 17.7 Å². The Morgan fingerprint density at radius 1 is 0.629 bits per heavy atom. The van der Waals surface area contributed by atoms with Crippen molar-refractivity contribution in [3.63, 3.8) is 0 Å². The summed E-state index contributed by atoms with van der Waals surface area (Å²) in [5.74, 6) is 3.88. The Morgan fingerprint density at radius 3 is 1.40 bits per heavy atom. The maximum atomic E-state index is 6.61. The highest BCUT2D eigenvalue weighted by molar-refractivity contribution is 6.81. The van der Waals surface area contributed by atoms with Crippen LogP contribution in [-0.4, -0.2) is 25.2 Å². The van der Waals surface area contributed by atoms with Gasteiger partial charge in [-0.25, -0.2) is 0 Å². The zero-order valence-corrected chi connectivity index (χ0v) is 24.7. The summed E-state index contributed by atoms with van der Waals surface area (Å²) in [6.07, 6.45) is 9.47. The molecule has 2 aliphatic heterocycles. The quantitative estimate of drug-likeness (QED) is 0.363. The van der Waals surface area contributed by atoms with Crippen LogP contribution in [-0.2, 0) is 0 Å². The molecular weight excluding hydrogens is 485 g/mol. The van der Waals surface area contributed by atoms with Gasteiger partial charge in [-0.3, -0.25) is 0 Å². The molecule has 2 atom stereocenters. The number of rotatable bonds is 6. The molecule has 6 rings (SSSR count). The van der Waals surface area contributed by atoms with E-state index in [1.165, 1.54) is 22.3 Å². The predicted molar refractivity (Wildman–Crippen MR) is 150 cm³/mol. The molecular formula is C28H36O4Si3. The first-order chi connectivity index (χ1) is 16.8. The molecule has 2 heterocycles. The third-order valence-corrected chi connectivity index (χ3v) is 19.8. The minimum atomic E-state index is -2.15. The average Bonchev–Trinajstić information content (AvgIpc) is 3.64. The Labute approximate surface area is 212 Å². The van der Waals surface area contributed by atoms with Gasteiger partial charge in [0.2, 0.25) is 0 Å². The summed E-state index contributed by atoms with van der Waals surface area (Å²) in [4.78, 5) is 0. The van der Waals surface area contributed by atoms with Crippen LogP contribution in [0.5, 0.6) is 23.0 Å². The highest BCUT2D eigenvalue weighted by atomic mass is 28.4. The Morgan fingerprint density at radius 2 is 1.03 bits per heavy atom. The second-order valence-electron chi connectivity index (χ2n) is 10.9. The first-order valence-electron chi connectivity index (χ1n) is 13.3. The smallest absolute Gasteiger partial charge is 0.460 e. The molecule has 0 bridgehead atoms. The van der Waals surface area contributed by atoms with Crippen LogP contribution in [0.15, 0.2) is 36.4 Å². The highest BCUT2D eigenvalue weighted by Crippen LogP contribution is 2.55. The normalized spacial score (nSPS) is 23.6. The third kappa shape index (κ3) is 3.20. The largest absolute Gasteiger partial charge is 0.509 e. The molecule has 0 amide bonds. The molecule has 0 N–H and O–H groups in total. The molecule has 35 heavy (non-hydrogen) atoms. The minimum absolute atomic E-state index is 0.428. The van der Waals surface area contributed by atoms with Crippen LogP contribution >= 0.6 is 0 Å². The lowest BCUT2D eigenvalue weighted by Crippen LogP contribution is -2.43. The first kappa shape index (κ1) is 23.2. The summed E-state index contributed by atoms with van der Waals surface area (Å²) in [6.45, 7) is 13.8.